The Bertz CT molecular complexity index is 1130. The second kappa shape index (κ2) is 9.15. The molecule has 0 saturated carbocycles. The summed E-state index contributed by atoms with van der Waals surface area (Å²) in [6.45, 7) is 1.28. The van der Waals surface area contributed by atoms with Gasteiger partial charge >= 0.3 is 0 Å². The van der Waals surface area contributed by atoms with E-state index in [1.54, 1.807) is 24.5 Å². The van der Waals surface area contributed by atoms with Crippen LogP contribution in [0, 0.1) is 0 Å². The number of rotatable bonds is 7. The van der Waals surface area contributed by atoms with Crippen LogP contribution in [0.5, 0.6) is 5.75 Å². The quantitative estimate of drug-likeness (QED) is 0.492. The molecule has 2 aromatic carbocycles. The van der Waals surface area contributed by atoms with Gasteiger partial charge in [-0.05, 0) is 42.0 Å². The molecule has 0 fully saturated rings. The zero-order valence-electron chi connectivity index (χ0n) is 16.4. The molecule has 0 atom stereocenters. The first-order chi connectivity index (χ1) is 14.7. The summed E-state index contributed by atoms with van der Waals surface area (Å²) in [5, 5.41) is 13.5. The lowest BCUT2D eigenvalue weighted by Gasteiger charge is -2.22. The number of carbonyl (C=O) groups excluding carboxylic acids is 1. The van der Waals surface area contributed by atoms with Crippen molar-refractivity contribution >= 4 is 22.5 Å². The first-order valence-electron chi connectivity index (χ1n) is 9.71. The molecule has 30 heavy (non-hydrogen) atoms. The van der Waals surface area contributed by atoms with Gasteiger partial charge in [0.25, 0.3) is 0 Å². The summed E-state index contributed by atoms with van der Waals surface area (Å²) in [7, 11) is 0. The van der Waals surface area contributed by atoms with Crippen molar-refractivity contribution in [2.45, 2.75) is 13.1 Å². The number of pyridine rings is 2. The maximum Gasteiger partial charge on any atom is 0.238 e. The number of anilines is 1. The van der Waals surface area contributed by atoms with Gasteiger partial charge in [-0.25, -0.2) is 0 Å². The standard InChI is InChI=1S/C24H22N4O2/c29-21-11-9-18(10-12-21)15-28(16-20-7-1-2-13-25-20)17-23(30)27-22-8-3-5-19-6-4-14-26-24(19)22/h1-14,29H,15-17H2,(H,27,30). The predicted octanol–water partition coefficient (Wildman–Crippen LogP) is 3.98. The van der Waals surface area contributed by atoms with Crippen molar-refractivity contribution in [2.75, 3.05) is 11.9 Å². The molecule has 0 spiro atoms. The number of fused-ring (bicyclic) bond motifs is 1. The topological polar surface area (TPSA) is 78.4 Å². The summed E-state index contributed by atoms with van der Waals surface area (Å²) < 4.78 is 0. The van der Waals surface area contributed by atoms with Gasteiger partial charge in [0.15, 0.2) is 0 Å². The van der Waals surface area contributed by atoms with Gasteiger partial charge < -0.3 is 10.4 Å². The van der Waals surface area contributed by atoms with Crippen LogP contribution in [-0.2, 0) is 17.9 Å². The lowest BCUT2D eigenvalue weighted by Crippen LogP contribution is -2.32. The van der Waals surface area contributed by atoms with E-state index in [9.17, 15) is 9.90 Å². The zero-order chi connectivity index (χ0) is 20.8. The van der Waals surface area contributed by atoms with E-state index in [0.717, 1.165) is 22.2 Å². The molecule has 1 amide bonds. The lowest BCUT2D eigenvalue weighted by molar-refractivity contribution is -0.117. The molecule has 0 aliphatic carbocycles. The van der Waals surface area contributed by atoms with Crippen molar-refractivity contribution in [2.24, 2.45) is 0 Å². The van der Waals surface area contributed by atoms with E-state index in [1.165, 1.54) is 0 Å². The average molecular weight is 398 g/mol. The molecule has 4 aromatic rings. The fourth-order valence-electron chi connectivity index (χ4n) is 3.35. The highest BCUT2D eigenvalue weighted by atomic mass is 16.3. The third-order valence-electron chi connectivity index (χ3n) is 4.73. The number of aromatic nitrogens is 2. The van der Waals surface area contributed by atoms with Gasteiger partial charge in [0.1, 0.15) is 5.75 Å². The van der Waals surface area contributed by atoms with Crippen molar-refractivity contribution in [3.63, 3.8) is 0 Å². The first kappa shape index (κ1) is 19.5. The van der Waals surface area contributed by atoms with Crippen LogP contribution in [0.2, 0.25) is 0 Å². The number of carbonyl (C=O) groups is 1. The van der Waals surface area contributed by atoms with E-state index in [-0.39, 0.29) is 18.2 Å². The molecular formula is C24H22N4O2. The lowest BCUT2D eigenvalue weighted by atomic mass is 10.2. The van der Waals surface area contributed by atoms with Crippen LogP contribution >= 0.6 is 0 Å². The smallest absolute Gasteiger partial charge is 0.238 e. The second-order valence-corrected chi connectivity index (χ2v) is 7.06. The Balaban J connectivity index is 1.51. The van der Waals surface area contributed by atoms with E-state index in [0.29, 0.717) is 18.8 Å². The molecule has 0 radical (unpaired) electrons. The summed E-state index contributed by atoms with van der Waals surface area (Å²) in [5.74, 6) is 0.0964. The molecule has 2 heterocycles. The molecule has 4 rings (SSSR count). The minimum atomic E-state index is -0.122. The Morgan fingerprint density at radius 1 is 0.867 bits per heavy atom. The molecule has 6 nitrogen and oxygen atoms in total. The van der Waals surface area contributed by atoms with Gasteiger partial charge in [-0.15, -0.1) is 0 Å². The maximum atomic E-state index is 12.9. The van der Waals surface area contributed by atoms with Gasteiger partial charge in [-0.3, -0.25) is 19.7 Å². The average Bonchev–Trinajstić information content (AvgIpc) is 2.76. The second-order valence-electron chi connectivity index (χ2n) is 7.06. The van der Waals surface area contributed by atoms with Gasteiger partial charge in [0.2, 0.25) is 5.91 Å². The van der Waals surface area contributed by atoms with Crippen LogP contribution in [0.4, 0.5) is 5.69 Å². The van der Waals surface area contributed by atoms with Crippen LogP contribution in [0.1, 0.15) is 11.3 Å². The van der Waals surface area contributed by atoms with Gasteiger partial charge in [-0.1, -0.05) is 36.4 Å². The first-order valence-corrected chi connectivity index (χ1v) is 9.71. The highest BCUT2D eigenvalue weighted by Gasteiger charge is 2.14. The van der Waals surface area contributed by atoms with Crippen LogP contribution in [0.25, 0.3) is 10.9 Å². The summed E-state index contributed by atoms with van der Waals surface area (Å²) in [5.41, 5.74) is 3.35. The third kappa shape index (κ3) is 4.98. The van der Waals surface area contributed by atoms with E-state index in [2.05, 4.69) is 15.3 Å². The van der Waals surface area contributed by atoms with E-state index >= 15 is 0 Å². The number of nitrogens with zero attached hydrogens (tertiary/aromatic N) is 3. The van der Waals surface area contributed by atoms with Crippen molar-refractivity contribution in [1.29, 1.82) is 0 Å². The normalized spacial score (nSPS) is 11.0. The molecule has 0 aliphatic heterocycles. The minimum absolute atomic E-state index is 0.122. The van der Waals surface area contributed by atoms with Gasteiger partial charge in [0.05, 0.1) is 23.4 Å². The fourth-order valence-corrected chi connectivity index (χ4v) is 3.35. The molecule has 0 bridgehead atoms. The van der Waals surface area contributed by atoms with E-state index in [4.69, 9.17) is 0 Å². The van der Waals surface area contributed by atoms with Crippen molar-refractivity contribution in [1.82, 2.24) is 14.9 Å². The van der Waals surface area contributed by atoms with Crippen LogP contribution < -0.4 is 5.32 Å². The number of phenols is 1. The molecule has 0 aliphatic rings. The molecule has 0 unspecified atom stereocenters. The number of hydrogen-bond donors (Lipinski definition) is 2. The molecule has 0 saturated heterocycles. The van der Waals surface area contributed by atoms with Crippen molar-refractivity contribution in [3.8, 4) is 5.75 Å². The Kier molecular flexibility index (Phi) is 5.96. The summed E-state index contributed by atoms with van der Waals surface area (Å²) in [6.07, 6.45) is 3.46. The highest BCUT2D eigenvalue weighted by molar-refractivity contribution is 6.00. The zero-order valence-corrected chi connectivity index (χ0v) is 16.4. The molecule has 2 N–H and O–H groups in total. The van der Waals surface area contributed by atoms with Crippen LogP contribution in [0.15, 0.2) is 85.2 Å². The fraction of sp³-hybridized carbons (Fsp3) is 0.125. The number of amides is 1. The molecule has 150 valence electrons. The third-order valence-corrected chi connectivity index (χ3v) is 4.73. The van der Waals surface area contributed by atoms with Gasteiger partial charge in [-0.2, -0.15) is 0 Å². The van der Waals surface area contributed by atoms with Crippen molar-refractivity contribution < 1.29 is 9.90 Å². The maximum absolute atomic E-state index is 12.9. The number of para-hydroxylation sites is 1. The number of phenolic OH excluding ortho intramolecular Hbond substituents is 1. The van der Waals surface area contributed by atoms with E-state index in [1.807, 2.05) is 65.6 Å². The SMILES string of the molecule is O=C(CN(Cc1ccc(O)cc1)Cc1ccccn1)Nc1cccc2cccnc12. The Morgan fingerprint density at radius 2 is 1.67 bits per heavy atom. The number of aromatic hydroxyl groups is 1. The monoisotopic (exact) mass is 398 g/mol. The summed E-state index contributed by atoms with van der Waals surface area (Å²) in [4.78, 5) is 23.7. The van der Waals surface area contributed by atoms with Gasteiger partial charge in [0, 0.05) is 30.9 Å². The molecule has 2 aromatic heterocycles. The van der Waals surface area contributed by atoms with E-state index < -0.39 is 0 Å². The van der Waals surface area contributed by atoms with Crippen molar-refractivity contribution in [3.05, 3.63) is 96.4 Å². The Labute approximate surface area is 174 Å². The summed E-state index contributed by atoms with van der Waals surface area (Å²) in [6, 6.07) is 22.3. The number of nitrogens with one attached hydrogen (secondary N) is 1. The Hall–Kier alpha value is -3.77. The van der Waals surface area contributed by atoms with Crippen LogP contribution in [-0.4, -0.2) is 32.4 Å². The number of hydrogen-bond acceptors (Lipinski definition) is 5. The molecule has 6 heteroatoms. The largest absolute Gasteiger partial charge is 0.508 e. The Morgan fingerprint density at radius 3 is 2.47 bits per heavy atom. The molecular weight excluding hydrogens is 376 g/mol. The number of benzene rings is 2. The predicted molar refractivity (Wildman–Crippen MR) is 117 cm³/mol. The highest BCUT2D eigenvalue weighted by Crippen LogP contribution is 2.21. The minimum Gasteiger partial charge on any atom is -0.508 e. The van der Waals surface area contributed by atoms with Crippen LogP contribution in [0.3, 0.4) is 0 Å². The summed E-state index contributed by atoms with van der Waals surface area (Å²) >= 11 is 0.